The monoisotopic (exact) mass is 1450 g/mol. The maximum absolute atomic E-state index is 6.74. The quantitative estimate of drug-likeness (QED) is 0.114. The molecule has 20 aromatic carbocycles. The third-order valence-electron chi connectivity index (χ3n) is 22.9. The van der Waals surface area contributed by atoms with Gasteiger partial charge in [0.15, 0.2) is 0 Å². The van der Waals surface area contributed by atoms with Gasteiger partial charge in [0.1, 0.15) is 22.7 Å². The van der Waals surface area contributed by atoms with Crippen LogP contribution < -0.4 is 0 Å². The Morgan fingerprint density at radius 2 is 0.430 bits per heavy atom. The SMILES string of the molecule is c1ccc(-c2oc3cc(-c4cccc(-c5c6ccccc6c(-c6cccc(-c7ccc8ccccc8c7)c6)c6ccccc56)c4)ccc3c2-c2ccccc2)cc1.c1ccc(-c2oc3ccc(-c4ccc(-c5c6ccccc6c(-c6cccc(-c7cccc8ccccc78)c6)c6ccccc56)cc4)cc3c2-c2ccccc2)cc1. The van der Waals surface area contributed by atoms with E-state index in [-0.39, 0.29) is 0 Å². The third kappa shape index (κ3) is 12.1. The molecule has 0 bridgehead atoms. The average molecular weight is 1450 g/mol. The van der Waals surface area contributed by atoms with Crippen molar-refractivity contribution in [3.8, 4) is 134 Å². The molecule has 2 heterocycles. The van der Waals surface area contributed by atoms with Crippen molar-refractivity contribution in [1.82, 2.24) is 0 Å². The van der Waals surface area contributed by atoms with Gasteiger partial charge in [-0.25, -0.2) is 0 Å². The molecule has 0 aliphatic carbocycles. The minimum absolute atomic E-state index is 0.877. The van der Waals surface area contributed by atoms with Crippen molar-refractivity contribution in [2.24, 2.45) is 0 Å². The van der Waals surface area contributed by atoms with Crippen molar-refractivity contribution in [3.05, 3.63) is 437 Å². The molecule has 0 saturated carbocycles. The second kappa shape index (κ2) is 28.8. The minimum atomic E-state index is 0.877. The summed E-state index contributed by atoms with van der Waals surface area (Å²) in [4.78, 5) is 0. The van der Waals surface area contributed by atoms with Crippen molar-refractivity contribution in [3.63, 3.8) is 0 Å². The van der Waals surface area contributed by atoms with Gasteiger partial charge in [0.2, 0.25) is 0 Å². The predicted molar refractivity (Wildman–Crippen MR) is 483 cm³/mol. The Bertz CT molecular complexity index is 7310. The fourth-order valence-electron chi connectivity index (χ4n) is 17.6. The summed E-state index contributed by atoms with van der Waals surface area (Å²) in [5.74, 6) is 1.79. The first kappa shape index (κ1) is 67.2. The minimum Gasteiger partial charge on any atom is -0.455 e. The van der Waals surface area contributed by atoms with Gasteiger partial charge in [-0.1, -0.05) is 388 Å². The van der Waals surface area contributed by atoms with Crippen LogP contribution >= 0.6 is 0 Å². The highest BCUT2D eigenvalue weighted by Gasteiger charge is 2.24. The van der Waals surface area contributed by atoms with E-state index in [1.54, 1.807) is 0 Å². The summed E-state index contributed by atoms with van der Waals surface area (Å²) in [6.45, 7) is 0. The largest absolute Gasteiger partial charge is 0.455 e. The van der Waals surface area contributed by atoms with Crippen molar-refractivity contribution < 1.29 is 8.83 Å². The molecule has 0 atom stereocenters. The fraction of sp³-hybridized carbons (Fsp3) is 0. The number of rotatable bonds is 12. The molecule has 0 aliphatic heterocycles. The highest BCUT2D eigenvalue weighted by Crippen LogP contribution is 2.50. The molecule has 22 rings (SSSR count). The van der Waals surface area contributed by atoms with E-state index in [1.165, 1.54) is 131 Å². The number of hydrogen-bond donors (Lipinski definition) is 0. The molecule has 2 aromatic heterocycles. The van der Waals surface area contributed by atoms with Crippen molar-refractivity contribution in [1.29, 1.82) is 0 Å². The van der Waals surface area contributed by atoms with E-state index in [1.807, 2.05) is 12.1 Å². The number of hydrogen-bond acceptors (Lipinski definition) is 2. The first-order valence-electron chi connectivity index (χ1n) is 39.2. The summed E-state index contributed by atoms with van der Waals surface area (Å²) in [6.07, 6.45) is 0. The van der Waals surface area contributed by atoms with Gasteiger partial charge in [0.25, 0.3) is 0 Å². The molecule has 114 heavy (non-hydrogen) atoms. The van der Waals surface area contributed by atoms with Crippen LogP contribution in [0.5, 0.6) is 0 Å². The van der Waals surface area contributed by atoms with Gasteiger partial charge in [-0.05, 0) is 213 Å². The molecule has 0 unspecified atom stereocenters. The number of furan rings is 2. The summed E-state index contributed by atoms with van der Waals surface area (Å²) in [5, 5.41) is 17.2. The molecule has 0 saturated heterocycles. The van der Waals surface area contributed by atoms with E-state index in [0.717, 1.165) is 89.1 Å². The van der Waals surface area contributed by atoms with E-state index in [4.69, 9.17) is 8.83 Å². The van der Waals surface area contributed by atoms with Crippen molar-refractivity contribution in [2.75, 3.05) is 0 Å². The Labute approximate surface area is 661 Å². The summed E-state index contributed by atoms with van der Waals surface area (Å²) < 4.78 is 13.3. The van der Waals surface area contributed by atoms with E-state index >= 15 is 0 Å². The predicted octanol–water partition coefficient (Wildman–Crippen LogP) is 31.8. The molecule has 22 aromatic rings. The van der Waals surface area contributed by atoms with Crippen LogP contribution in [0.1, 0.15) is 0 Å². The van der Waals surface area contributed by atoms with Gasteiger partial charge in [0, 0.05) is 33.0 Å². The lowest BCUT2D eigenvalue weighted by molar-refractivity contribution is 0.632. The first-order valence-corrected chi connectivity index (χ1v) is 39.2. The first-order chi connectivity index (χ1) is 56.5. The second-order valence-corrected chi connectivity index (χ2v) is 29.6. The third-order valence-corrected chi connectivity index (χ3v) is 22.9. The van der Waals surface area contributed by atoms with E-state index in [9.17, 15) is 0 Å². The summed E-state index contributed by atoms with van der Waals surface area (Å²) in [7, 11) is 0. The van der Waals surface area contributed by atoms with Crippen LogP contribution in [0.25, 0.3) is 220 Å². The Balaban J connectivity index is 0.000000143. The van der Waals surface area contributed by atoms with Gasteiger partial charge < -0.3 is 8.83 Å². The highest BCUT2D eigenvalue weighted by molar-refractivity contribution is 6.23. The van der Waals surface area contributed by atoms with Gasteiger partial charge in [-0.2, -0.15) is 0 Å². The maximum atomic E-state index is 6.74. The molecular weight excluding hydrogens is 1380 g/mol. The molecule has 2 heteroatoms. The summed E-state index contributed by atoms with van der Waals surface area (Å²) in [5.41, 5.74) is 27.8. The second-order valence-electron chi connectivity index (χ2n) is 29.6. The van der Waals surface area contributed by atoms with Crippen molar-refractivity contribution >= 4 is 86.6 Å². The Morgan fingerprint density at radius 1 is 0.123 bits per heavy atom. The van der Waals surface area contributed by atoms with Crippen LogP contribution in [-0.4, -0.2) is 0 Å². The normalized spacial score (nSPS) is 11.5. The molecule has 2 nitrogen and oxygen atoms in total. The lowest BCUT2D eigenvalue weighted by Crippen LogP contribution is -1.91. The zero-order chi connectivity index (χ0) is 75.4. The molecule has 0 aliphatic rings. The maximum Gasteiger partial charge on any atom is 0.143 e. The van der Waals surface area contributed by atoms with E-state index in [2.05, 4.69) is 425 Å². The molecule has 0 fully saturated rings. The molecule has 0 N–H and O–H groups in total. The fourth-order valence-corrected chi connectivity index (χ4v) is 17.6. The zero-order valence-electron chi connectivity index (χ0n) is 62.4. The smallest absolute Gasteiger partial charge is 0.143 e. The van der Waals surface area contributed by atoms with Crippen LogP contribution in [-0.2, 0) is 0 Å². The van der Waals surface area contributed by atoms with Gasteiger partial charge >= 0.3 is 0 Å². The van der Waals surface area contributed by atoms with Crippen LogP contribution in [0, 0.1) is 0 Å². The molecule has 532 valence electrons. The summed E-state index contributed by atoms with van der Waals surface area (Å²) in [6, 6.07) is 158. The van der Waals surface area contributed by atoms with E-state index in [0.29, 0.717) is 0 Å². The molecule has 0 spiro atoms. The highest BCUT2D eigenvalue weighted by atomic mass is 16.3. The van der Waals surface area contributed by atoms with Crippen molar-refractivity contribution in [2.45, 2.75) is 0 Å². The van der Waals surface area contributed by atoms with Crippen LogP contribution in [0.3, 0.4) is 0 Å². The molecular formula is C112H72O2. The van der Waals surface area contributed by atoms with Crippen LogP contribution in [0.4, 0.5) is 0 Å². The zero-order valence-corrected chi connectivity index (χ0v) is 62.4. The average Bonchev–Trinajstić information content (AvgIpc) is 0.872. The standard InChI is InChI=1S/2C56H36O/c1-3-16-39(17-4-1)55-51-36-42(33-34-52(51)57-56(55)41-18-5-2-6-19-41)37-29-31-40(32-30-37)53-47-24-9-11-26-49(47)54(50-27-12-10-25-48(50)53)44-22-13-21-43(35-44)46-28-14-20-38-15-7-8-23-45(38)46;1-3-16-38(17-4-1)55-51-32-31-44(36-52(51)57-56(55)39-18-5-2-6-19-39)42-22-14-24-46(35-42)54-49-27-11-9-25-47(49)53(48-26-10-12-28-50(48)54)45-23-13-21-41(34-45)43-30-29-37-15-7-8-20-40(37)33-43/h2*1-36H. The number of fused-ring (bicyclic) bond motifs is 8. The topological polar surface area (TPSA) is 26.3 Å². The number of benzene rings is 20. The van der Waals surface area contributed by atoms with E-state index < -0.39 is 0 Å². The lowest BCUT2D eigenvalue weighted by Gasteiger charge is -2.18. The Hall–Kier alpha value is -15.0. The summed E-state index contributed by atoms with van der Waals surface area (Å²) >= 11 is 0. The Kier molecular flexibility index (Phi) is 17.0. The van der Waals surface area contributed by atoms with Gasteiger partial charge in [0.05, 0.1) is 0 Å². The molecule has 0 radical (unpaired) electrons. The molecule has 0 amide bonds. The lowest BCUT2D eigenvalue weighted by atomic mass is 9.85. The van der Waals surface area contributed by atoms with Gasteiger partial charge in [-0.3, -0.25) is 0 Å². The van der Waals surface area contributed by atoms with Crippen LogP contribution in [0.2, 0.25) is 0 Å². The van der Waals surface area contributed by atoms with Crippen LogP contribution in [0.15, 0.2) is 446 Å². The Morgan fingerprint density at radius 3 is 0.939 bits per heavy atom. The van der Waals surface area contributed by atoms with Gasteiger partial charge in [-0.15, -0.1) is 0 Å².